The van der Waals surface area contributed by atoms with Crippen molar-refractivity contribution >= 4 is 27.6 Å². The van der Waals surface area contributed by atoms with Gasteiger partial charge in [-0.2, -0.15) is 13.2 Å². The van der Waals surface area contributed by atoms with E-state index in [0.29, 0.717) is 31.7 Å². The Hall–Kier alpha value is -4.13. The molecule has 2 N–H and O–H groups in total. The Kier molecular flexibility index (Phi) is 6.13. The van der Waals surface area contributed by atoms with Gasteiger partial charge in [0.2, 0.25) is 0 Å². The Morgan fingerprint density at radius 1 is 0.929 bits per heavy atom. The predicted molar refractivity (Wildman–Crippen MR) is 142 cm³/mol. The summed E-state index contributed by atoms with van der Waals surface area (Å²) < 4.78 is 83.5. The van der Waals surface area contributed by atoms with Crippen LogP contribution in [0.3, 0.4) is 0 Å². The summed E-state index contributed by atoms with van der Waals surface area (Å²) in [5.74, 6) is -2.68. The first-order valence-electron chi connectivity index (χ1n) is 13.0. The van der Waals surface area contributed by atoms with E-state index >= 15 is 0 Å². The quantitative estimate of drug-likeness (QED) is 0.366. The first-order valence-corrected chi connectivity index (χ1v) is 14.5. The Balaban J connectivity index is 1.51. The molecule has 8 nitrogen and oxygen atoms in total. The maximum absolute atomic E-state index is 14.1. The van der Waals surface area contributed by atoms with Crippen LogP contribution < -0.4 is 4.31 Å². The lowest BCUT2D eigenvalue weighted by atomic mass is 9.84. The van der Waals surface area contributed by atoms with E-state index in [1.165, 1.54) is 29.2 Å². The van der Waals surface area contributed by atoms with Crippen LogP contribution in [-0.4, -0.2) is 47.6 Å². The molecule has 2 aliphatic carbocycles. The minimum atomic E-state index is -4.81. The first-order chi connectivity index (χ1) is 19.7. The molecule has 1 heterocycles. The summed E-state index contributed by atoms with van der Waals surface area (Å²) in [4.78, 5) is 26.7. The van der Waals surface area contributed by atoms with E-state index < -0.39 is 62.0 Å². The molecule has 0 aromatic heterocycles. The Morgan fingerprint density at radius 2 is 1.64 bits per heavy atom. The van der Waals surface area contributed by atoms with Gasteiger partial charge in [-0.15, -0.1) is 0 Å². The number of aliphatic carboxylic acids is 1. The van der Waals surface area contributed by atoms with Crippen molar-refractivity contribution in [3.8, 4) is 16.9 Å². The number of amides is 1. The van der Waals surface area contributed by atoms with Crippen molar-refractivity contribution in [2.45, 2.75) is 48.7 Å². The van der Waals surface area contributed by atoms with Crippen molar-refractivity contribution in [3.63, 3.8) is 0 Å². The van der Waals surface area contributed by atoms with E-state index in [-0.39, 0.29) is 34.5 Å². The van der Waals surface area contributed by atoms with Gasteiger partial charge in [0.15, 0.2) is 0 Å². The Labute approximate surface area is 237 Å². The van der Waals surface area contributed by atoms with Crippen molar-refractivity contribution in [2.75, 3.05) is 11.0 Å². The fraction of sp³-hybridized carbons (Fsp3) is 0.310. The molecule has 42 heavy (non-hydrogen) atoms. The summed E-state index contributed by atoms with van der Waals surface area (Å²) in [5, 5.41) is 19.8. The van der Waals surface area contributed by atoms with Gasteiger partial charge in [0, 0.05) is 11.6 Å². The number of halogens is 4. The van der Waals surface area contributed by atoms with E-state index in [2.05, 4.69) is 0 Å². The van der Waals surface area contributed by atoms with Crippen molar-refractivity contribution in [3.05, 3.63) is 77.6 Å². The number of phenolic OH excluding ortho intramolecular Hbond substituents is 1. The normalized spacial score (nSPS) is 23.8. The van der Waals surface area contributed by atoms with Crippen molar-refractivity contribution in [2.24, 2.45) is 5.41 Å². The second-order valence-corrected chi connectivity index (χ2v) is 13.0. The van der Waals surface area contributed by atoms with Crippen LogP contribution in [0, 0.1) is 11.2 Å². The van der Waals surface area contributed by atoms with Gasteiger partial charge in [-0.1, -0.05) is 12.1 Å². The Bertz CT molecular complexity index is 1730. The fourth-order valence-electron chi connectivity index (χ4n) is 6.62. The highest BCUT2D eigenvalue weighted by molar-refractivity contribution is 7.92. The molecule has 0 spiro atoms. The number of anilines is 1. The number of phenols is 1. The number of sulfonamides is 1. The van der Waals surface area contributed by atoms with Crippen LogP contribution in [0.4, 0.5) is 23.2 Å². The average molecular weight is 605 g/mol. The summed E-state index contributed by atoms with van der Waals surface area (Å²) in [5.41, 5.74) is -2.91. The lowest BCUT2D eigenvalue weighted by Gasteiger charge is -2.46. The number of fused-ring (bicyclic) bond motifs is 3. The van der Waals surface area contributed by atoms with Gasteiger partial charge in [-0.25, -0.2) is 17.1 Å². The standard InChI is InChI=1S/C29H24F4N2O6S/c30-20-10-18(11-21(36)14-20)17-4-5-23-24(12-17)35(42(40,41)22-3-1-2-19(13-22)29(31,32)33)16-34(25(23)37)28-8-6-27(15-28,7-9-28)26(38)39/h1-5,10-14,36H,6-9,15-16H2,(H,38,39). The second kappa shape index (κ2) is 9.18. The van der Waals surface area contributed by atoms with Crippen LogP contribution in [0.5, 0.6) is 5.75 Å². The van der Waals surface area contributed by atoms with Gasteiger partial charge in [0.05, 0.1) is 27.1 Å². The molecule has 6 rings (SSSR count). The molecule has 3 aromatic rings. The molecule has 3 aliphatic rings. The monoisotopic (exact) mass is 604 g/mol. The molecule has 2 fully saturated rings. The number of carboxylic acids is 1. The van der Waals surface area contributed by atoms with Crippen molar-refractivity contribution in [1.82, 2.24) is 4.90 Å². The third-order valence-electron chi connectivity index (χ3n) is 8.81. The number of carbonyl (C=O) groups excluding carboxylic acids is 1. The molecule has 1 aliphatic heterocycles. The van der Waals surface area contributed by atoms with E-state index in [4.69, 9.17) is 0 Å². The molecule has 2 saturated carbocycles. The molecule has 0 unspecified atom stereocenters. The zero-order valence-corrected chi connectivity index (χ0v) is 22.7. The number of carbonyl (C=O) groups is 2. The molecule has 220 valence electrons. The molecule has 1 amide bonds. The van der Waals surface area contributed by atoms with Crippen molar-refractivity contribution < 1.29 is 45.8 Å². The van der Waals surface area contributed by atoms with Crippen LogP contribution in [0.1, 0.15) is 48.0 Å². The predicted octanol–water partition coefficient (Wildman–Crippen LogP) is 5.61. The highest BCUT2D eigenvalue weighted by Gasteiger charge is 2.62. The number of aromatic hydroxyl groups is 1. The van der Waals surface area contributed by atoms with Gasteiger partial charge < -0.3 is 15.1 Å². The molecular weight excluding hydrogens is 580 g/mol. The summed E-state index contributed by atoms with van der Waals surface area (Å²) in [6.07, 6.45) is -3.40. The summed E-state index contributed by atoms with van der Waals surface area (Å²) in [6, 6.07) is 10.6. The SMILES string of the molecule is O=C1c2ccc(-c3cc(O)cc(F)c3)cc2N(S(=O)(=O)c2cccc(C(F)(F)F)c2)CN1C12CCC(C(=O)O)(CC1)C2. The lowest BCUT2D eigenvalue weighted by Crippen LogP contribution is -2.58. The summed E-state index contributed by atoms with van der Waals surface area (Å²) >= 11 is 0. The van der Waals surface area contributed by atoms with Crippen molar-refractivity contribution in [1.29, 1.82) is 0 Å². The molecule has 0 radical (unpaired) electrons. The largest absolute Gasteiger partial charge is 0.508 e. The smallest absolute Gasteiger partial charge is 0.416 e. The molecule has 3 aromatic carbocycles. The van der Waals surface area contributed by atoms with Gasteiger partial charge in [0.1, 0.15) is 18.2 Å². The minimum absolute atomic E-state index is 0.0599. The number of hydrogen-bond acceptors (Lipinski definition) is 5. The van der Waals surface area contributed by atoms with E-state index in [1.54, 1.807) is 0 Å². The number of rotatable bonds is 5. The van der Waals surface area contributed by atoms with Crippen LogP contribution in [0.15, 0.2) is 65.6 Å². The van der Waals surface area contributed by atoms with Gasteiger partial charge in [-0.05, 0) is 85.7 Å². The number of carboxylic acid groups (broad SMARTS) is 1. The second-order valence-electron chi connectivity index (χ2n) is 11.2. The summed E-state index contributed by atoms with van der Waals surface area (Å²) in [6.45, 7) is -0.558. The van der Waals surface area contributed by atoms with Crippen LogP contribution in [-0.2, 0) is 21.0 Å². The van der Waals surface area contributed by atoms with Gasteiger partial charge in [0.25, 0.3) is 15.9 Å². The molecule has 0 atom stereocenters. The first kappa shape index (κ1) is 28.0. The van der Waals surface area contributed by atoms with E-state index in [9.17, 15) is 45.8 Å². The maximum atomic E-state index is 14.1. The third-order valence-corrected chi connectivity index (χ3v) is 10.6. The molecule has 2 bridgehead atoms. The van der Waals surface area contributed by atoms with E-state index in [1.807, 2.05) is 0 Å². The zero-order valence-electron chi connectivity index (χ0n) is 21.9. The molecule has 0 saturated heterocycles. The third kappa shape index (κ3) is 4.29. The Morgan fingerprint density at radius 3 is 2.26 bits per heavy atom. The number of hydrogen-bond donors (Lipinski definition) is 2. The summed E-state index contributed by atoms with van der Waals surface area (Å²) in [7, 11) is -4.71. The zero-order chi connectivity index (χ0) is 30.2. The average Bonchev–Trinajstić information content (AvgIpc) is 3.51. The van der Waals surface area contributed by atoms with Crippen LogP contribution >= 0.6 is 0 Å². The van der Waals surface area contributed by atoms with Crippen LogP contribution in [0.2, 0.25) is 0 Å². The highest BCUT2D eigenvalue weighted by atomic mass is 32.2. The topological polar surface area (TPSA) is 115 Å². The lowest BCUT2D eigenvalue weighted by molar-refractivity contribution is -0.148. The highest BCUT2D eigenvalue weighted by Crippen LogP contribution is 2.60. The number of benzene rings is 3. The maximum Gasteiger partial charge on any atom is 0.416 e. The van der Waals surface area contributed by atoms with Gasteiger partial charge >= 0.3 is 12.1 Å². The minimum Gasteiger partial charge on any atom is -0.508 e. The molecular formula is C29H24F4N2O6S. The fourth-order valence-corrected chi connectivity index (χ4v) is 8.08. The number of nitrogens with zero attached hydrogens (tertiary/aromatic N) is 2. The van der Waals surface area contributed by atoms with Gasteiger partial charge in [-0.3, -0.25) is 9.59 Å². The van der Waals surface area contributed by atoms with Crippen LogP contribution in [0.25, 0.3) is 11.1 Å². The number of alkyl halides is 3. The molecule has 13 heteroatoms. The van der Waals surface area contributed by atoms with E-state index in [0.717, 1.165) is 34.6 Å².